The van der Waals surface area contributed by atoms with E-state index in [4.69, 9.17) is 0 Å². The number of aromatic nitrogens is 1. The number of carbonyl (C=O) groups excluding carboxylic acids is 1. The van der Waals surface area contributed by atoms with E-state index < -0.39 is 0 Å². The van der Waals surface area contributed by atoms with E-state index in [9.17, 15) is 4.79 Å². The maximum atomic E-state index is 12.2. The van der Waals surface area contributed by atoms with Gasteiger partial charge in [0.2, 0.25) is 5.91 Å². The molecular weight excluding hydrogens is 350 g/mol. The average molecular weight is 370 g/mol. The summed E-state index contributed by atoms with van der Waals surface area (Å²) in [6.07, 6.45) is 0. The molecule has 0 radical (unpaired) electrons. The van der Waals surface area contributed by atoms with Crippen LogP contribution in [0.1, 0.15) is 12.6 Å². The molecule has 0 saturated carbocycles. The number of carbonyl (C=O) groups is 1. The highest BCUT2D eigenvalue weighted by Crippen LogP contribution is 2.31. The summed E-state index contributed by atoms with van der Waals surface area (Å²) >= 11 is 3.30. The minimum absolute atomic E-state index is 0. The molecule has 1 aromatic heterocycles. The normalized spacial score (nSPS) is 15.4. The maximum absolute atomic E-state index is 12.2. The first-order valence-electron chi connectivity index (χ1n) is 7.33. The molecule has 1 saturated heterocycles. The molecule has 1 aliphatic rings. The van der Waals surface area contributed by atoms with Crippen molar-refractivity contribution in [2.75, 3.05) is 18.4 Å². The van der Waals surface area contributed by atoms with Gasteiger partial charge in [0.15, 0.2) is 4.34 Å². The lowest BCUT2D eigenvalue weighted by Gasteiger charge is -2.31. The topological polar surface area (TPSA) is 54.0 Å². The van der Waals surface area contributed by atoms with Crippen LogP contribution in [-0.2, 0) is 4.79 Å². The number of halogens is 1. The summed E-state index contributed by atoms with van der Waals surface area (Å²) in [5.41, 5.74) is 1.90. The molecule has 1 unspecified atom stereocenters. The summed E-state index contributed by atoms with van der Waals surface area (Å²) in [5, 5.41) is 8.25. The van der Waals surface area contributed by atoms with Gasteiger partial charge in [-0.1, -0.05) is 18.7 Å². The Kier molecular flexibility index (Phi) is 6.47. The van der Waals surface area contributed by atoms with E-state index in [0.717, 1.165) is 33.7 Å². The molecule has 1 fully saturated rings. The fourth-order valence-electron chi connectivity index (χ4n) is 2.22. The monoisotopic (exact) mass is 369 g/mol. The molecule has 0 spiro atoms. The quantitative estimate of drug-likeness (QED) is 0.841. The molecule has 1 aliphatic heterocycles. The fraction of sp³-hybridized carbons (Fsp3) is 0.375. The second-order valence-corrected chi connectivity index (χ2v) is 7.76. The Morgan fingerprint density at radius 3 is 2.61 bits per heavy atom. The van der Waals surface area contributed by atoms with Gasteiger partial charge in [-0.3, -0.25) is 4.79 Å². The molecule has 1 amide bonds. The number of rotatable bonds is 5. The van der Waals surface area contributed by atoms with Crippen LogP contribution in [0.4, 0.5) is 5.69 Å². The number of hydrogen-bond donors (Lipinski definition) is 2. The van der Waals surface area contributed by atoms with Gasteiger partial charge in [0.05, 0.1) is 0 Å². The third-order valence-electron chi connectivity index (χ3n) is 3.86. The van der Waals surface area contributed by atoms with Gasteiger partial charge >= 0.3 is 0 Å². The van der Waals surface area contributed by atoms with Crippen molar-refractivity contribution in [2.45, 2.75) is 23.1 Å². The zero-order chi connectivity index (χ0) is 15.5. The number of aryl methyl sites for hydroxylation is 1. The standard InChI is InChI=1S/C16H19N3OS2.ClH/c1-10-9-21-16(18-10)22-14-5-3-13(4-6-14)19-15(20)11(2)12-7-17-8-12;/h3-6,9,11-12,17H,7-8H2,1-2H3,(H,19,20);1H. The van der Waals surface area contributed by atoms with Gasteiger partial charge in [-0.15, -0.1) is 23.7 Å². The van der Waals surface area contributed by atoms with E-state index >= 15 is 0 Å². The van der Waals surface area contributed by atoms with Gasteiger partial charge in [-0.2, -0.15) is 0 Å². The van der Waals surface area contributed by atoms with Gasteiger partial charge in [0, 0.05) is 27.6 Å². The van der Waals surface area contributed by atoms with Crippen LogP contribution in [0.25, 0.3) is 0 Å². The van der Waals surface area contributed by atoms with Crippen molar-refractivity contribution in [3.63, 3.8) is 0 Å². The van der Waals surface area contributed by atoms with Crippen molar-refractivity contribution in [3.05, 3.63) is 35.3 Å². The molecule has 2 N–H and O–H groups in total. The number of amides is 1. The first-order valence-corrected chi connectivity index (χ1v) is 9.03. The molecule has 7 heteroatoms. The smallest absolute Gasteiger partial charge is 0.227 e. The summed E-state index contributed by atoms with van der Waals surface area (Å²) in [6, 6.07) is 7.94. The Balaban J connectivity index is 0.00000192. The highest BCUT2D eigenvalue weighted by Gasteiger charge is 2.28. The van der Waals surface area contributed by atoms with E-state index in [-0.39, 0.29) is 24.2 Å². The summed E-state index contributed by atoms with van der Waals surface area (Å²) < 4.78 is 1.04. The maximum Gasteiger partial charge on any atom is 0.227 e. The van der Waals surface area contributed by atoms with Crippen molar-refractivity contribution in [3.8, 4) is 0 Å². The van der Waals surface area contributed by atoms with Gasteiger partial charge < -0.3 is 10.6 Å². The number of anilines is 1. The second kappa shape index (κ2) is 8.15. The van der Waals surface area contributed by atoms with Crippen LogP contribution in [0.2, 0.25) is 0 Å². The molecule has 1 atom stereocenters. The Morgan fingerprint density at radius 1 is 1.39 bits per heavy atom. The SMILES string of the molecule is Cc1csc(Sc2ccc(NC(=O)C(C)C3CNC3)cc2)n1.Cl. The Morgan fingerprint density at radius 2 is 2.09 bits per heavy atom. The van der Waals surface area contributed by atoms with Crippen LogP contribution in [-0.4, -0.2) is 24.0 Å². The van der Waals surface area contributed by atoms with Crippen molar-refractivity contribution >= 4 is 47.1 Å². The fourth-order valence-corrected chi connectivity index (χ4v) is 4.03. The van der Waals surface area contributed by atoms with Crippen LogP contribution in [0.3, 0.4) is 0 Å². The highest BCUT2D eigenvalue weighted by molar-refractivity contribution is 8.01. The number of nitrogens with one attached hydrogen (secondary N) is 2. The zero-order valence-electron chi connectivity index (χ0n) is 13.0. The number of benzene rings is 1. The van der Waals surface area contributed by atoms with Gasteiger partial charge in [-0.05, 0) is 50.2 Å². The zero-order valence-corrected chi connectivity index (χ0v) is 15.5. The minimum atomic E-state index is 0. The molecule has 1 aromatic carbocycles. The third-order valence-corrected chi connectivity index (χ3v) is 5.92. The van der Waals surface area contributed by atoms with E-state index in [0.29, 0.717) is 5.92 Å². The Hall–Kier alpha value is -1.08. The molecule has 2 heterocycles. The van der Waals surface area contributed by atoms with E-state index in [1.54, 1.807) is 23.1 Å². The number of thiazole rings is 1. The predicted octanol–water partition coefficient (Wildman–Crippen LogP) is 3.82. The number of nitrogens with zero attached hydrogens (tertiary/aromatic N) is 1. The second-order valence-electron chi connectivity index (χ2n) is 5.58. The number of hydrogen-bond acceptors (Lipinski definition) is 5. The third kappa shape index (κ3) is 4.70. The first-order chi connectivity index (χ1) is 10.6. The predicted molar refractivity (Wildman–Crippen MR) is 98.8 cm³/mol. The van der Waals surface area contributed by atoms with Crippen LogP contribution >= 0.6 is 35.5 Å². The van der Waals surface area contributed by atoms with Crippen molar-refractivity contribution in [1.29, 1.82) is 0 Å². The molecule has 0 bridgehead atoms. The van der Waals surface area contributed by atoms with Crippen molar-refractivity contribution < 1.29 is 4.79 Å². The molecular formula is C16H20ClN3OS2. The van der Waals surface area contributed by atoms with Crippen LogP contribution < -0.4 is 10.6 Å². The van der Waals surface area contributed by atoms with Gasteiger partial charge in [0.25, 0.3) is 0 Å². The van der Waals surface area contributed by atoms with Crippen LogP contribution in [0.15, 0.2) is 38.9 Å². The molecule has 2 aromatic rings. The van der Waals surface area contributed by atoms with Gasteiger partial charge in [-0.25, -0.2) is 4.98 Å². The summed E-state index contributed by atoms with van der Waals surface area (Å²) in [5.74, 6) is 0.610. The van der Waals surface area contributed by atoms with E-state index in [2.05, 4.69) is 15.6 Å². The lowest BCUT2D eigenvalue weighted by atomic mass is 9.88. The molecule has 124 valence electrons. The first kappa shape index (κ1) is 18.3. The summed E-state index contributed by atoms with van der Waals surface area (Å²) in [4.78, 5) is 17.7. The molecule has 23 heavy (non-hydrogen) atoms. The molecule has 0 aliphatic carbocycles. The lowest BCUT2D eigenvalue weighted by molar-refractivity contribution is -0.121. The largest absolute Gasteiger partial charge is 0.326 e. The Bertz CT molecular complexity index is 656. The lowest BCUT2D eigenvalue weighted by Crippen LogP contribution is -2.48. The van der Waals surface area contributed by atoms with E-state index in [1.165, 1.54) is 0 Å². The van der Waals surface area contributed by atoms with Crippen LogP contribution in [0, 0.1) is 18.8 Å². The molecule has 4 nitrogen and oxygen atoms in total. The minimum Gasteiger partial charge on any atom is -0.326 e. The van der Waals surface area contributed by atoms with Crippen molar-refractivity contribution in [2.24, 2.45) is 11.8 Å². The summed E-state index contributed by atoms with van der Waals surface area (Å²) in [6.45, 7) is 5.88. The van der Waals surface area contributed by atoms with E-state index in [1.807, 2.05) is 43.5 Å². The highest BCUT2D eigenvalue weighted by atomic mass is 35.5. The summed E-state index contributed by atoms with van der Waals surface area (Å²) in [7, 11) is 0. The van der Waals surface area contributed by atoms with Gasteiger partial charge in [0.1, 0.15) is 0 Å². The Labute approximate surface area is 150 Å². The molecule has 3 rings (SSSR count). The average Bonchev–Trinajstić information content (AvgIpc) is 2.84. The van der Waals surface area contributed by atoms with Crippen molar-refractivity contribution in [1.82, 2.24) is 10.3 Å². The van der Waals surface area contributed by atoms with Crippen LogP contribution in [0.5, 0.6) is 0 Å².